The number of anilines is 1. The summed E-state index contributed by atoms with van der Waals surface area (Å²) in [6, 6.07) is 0.673. The molecule has 1 aliphatic heterocycles. The standard InChI is InChI=1S/C12H20N4/c1-10-8-15-12(16-9-10)14-7-5-11-4-2-3-6-13-11/h8-9,11,13H,2-7H2,1H3,(H,14,15,16). The van der Waals surface area contributed by atoms with Crippen molar-refractivity contribution in [2.45, 2.75) is 38.6 Å². The van der Waals surface area contributed by atoms with Crippen LogP contribution in [-0.2, 0) is 0 Å². The zero-order chi connectivity index (χ0) is 11.2. The van der Waals surface area contributed by atoms with E-state index in [0.717, 1.165) is 24.5 Å². The number of piperidine rings is 1. The molecule has 1 saturated heterocycles. The summed E-state index contributed by atoms with van der Waals surface area (Å²) in [5, 5.41) is 6.79. The van der Waals surface area contributed by atoms with Gasteiger partial charge in [-0.05, 0) is 38.3 Å². The van der Waals surface area contributed by atoms with Crippen LogP contribution in [0.25, 0.3) is 0 Å². The fourth-order valence-electron chi connectivity index (χ4n) is 2.01. The largest absolute Gasteiger partial charge is 0.354 e. The molecule has 2 N–H and O–H groups in total. The highest BCUT2D eigenvalue weighted by Crippen LogP contribution is 2.10. The zero-order valence-corrected chi connectivity index (χ0v) is 9.87. The van der Waals surface area contributed by atoms with Gasteiger partial charge in [-0.2, -0.15) is 0 Å². The van der Waals surface area contributed by atoms with Gasteiger partial charge in [0.05, 0.1) is 0 Å². The lowest BCUT2D eigenvalue weighted by atomic mass is 10.0. The normalized spacial score (nSPS) is 20.7. The van der Waals surface area contributed by atoms with Gasteiger partial charge in [-0.15, -0.1) is 0 Å². The van der Waals surface area contributed by atoms with Gasteiger partial charge < -0.3 is 10.6 Å². The van der Waals surface area contributed by atoms with E-state index in [1.54, 1.807) is 0 Å². The van der Waals surface area contributed by atoms with E-state index in [1.807, 2.05) is 19.3 Å². The molecule has 88 valence electrons. The van der Waals surface area contributed by atoms with E-state index in [0.29, 0.717) is 6.04 Å². The molecule has 0 aromatic carbocycles. The molecule has 4 nitrogen and oxygen atoms in total. The average molecular weight is 220 g/mol. The number of rotatable bonds is 4. The molecular weight excluding hydrogens is 200 g/mol. The molecular formula is C12H20N4. The molecule has 4 heteroatoms. The molecule has 0 amide bonds. The first kappa shape index (κ1) is 11.3. The lowest BCUT2D eigenvalue weighted by Crippen LogP contribution is -2.35. The van der Waals surface area contributed by atoms with Gasteiger partial charge >= 0.3 is 0 Å². The molecule has 1 aliphatic rings. The maximum Gasteiger partial charge on any atom is 0.222 e. The van der Waals surface area contributed by atoms with Crippen molar-refractivity contribution >= 4 is 5.95 Å². The van der Waals surface area contributed by atoms with E-state index in [1.165, 1.54) is 25.8 Å². The predicted octanol–water partition coefficient (Wildman–Crippen LogP) is 1.73. The number of aromatic nitrogens is 2. The van der Waals surface area contributed by atoms with Crippen molar-refractivity contribution in [3.05, 3.63) is 18.0 Å². The Kier molecular flexibility index (Phi) is 4.10. The summed E-state index contributed by atoms with van der Waals surface area (Å²) >= 11 is 0. The van der Waals surface area contributed by atoms with E-state index in [9.17, 15) is 0 Å². The van der Waals surface area contributed by atoms with Crippen LogP contribution in [-0.4, -0.2) is 29.1 Å². The van der Waals surface area contributed by atoms with E-state index < -0.39 is 0 Å². The second-order valence-corrected chi connectivity index (χ2v) is 4.45. The molecule has 2 rings (SSSR count). The van der Waals surface area contributed by atoms with Gasteiger partial charge in [0, 0.05) is 25.0 Å². The molecule has 1 atom stereocenters. The molecule has 0 saturated carbocycles. The van der Waals surface area contributed by atoms with Crippen LogP contribution in [0.3, 0.4) is 0 Å². The van der Waals surface area contributed by atoms with E-state index in [4.69, 9.17) is 0 Å². The first-order chi connectivity index (χ1) is 7.84. The molecule has 0 radical (unpaired) electrons. The Hall–Kier alpha value is -1.16. The minimum Gasteiger partial charge on any atom is -0.354 e. The van der Waals surface area contributed by atoms with Gasteiger partial charge in [0.2, 0.25) is 5.95 Å². The van der Waals surface area contributed by atoms with Crippen molar-refractivity contribution in [1.29, 1.82) is 0 Å². The molecule has 1 fully saturated rings. The van der Waals surface area contributed by atoms with E-state index in [-0.39, 0.29) is 0 Å². The smallest absolute Gasteiger partial charge is 0.222 e. The Labute approximate surface area is 96.9 Å². The van der Waals surface area contributed by atoms with Crippen LogP contribution in [0.15, 0.2) is 12.4 Å². The van der Waals surface area contributed by atoms with Crippen molar-refractivity contribution in [3.63, 3.8) is 0 Å². The fourth-order valence-corrected chi connectivity index (χ4v) is 2.01. The number of nitrogens with one attached hydrogen (secondary N) is 2. The first-order valence-electron chi connectivity index (χ1n) is 6.10. The van der Waals surface area contributed by atoms with Crippen LogP contribution in [0.5, 0.6) is 0 Å². The van der Waals surface area contributed by atoms with Gasteiger partial charge in [0.1, 0.15) is 0 Å². The summed E-state index contributed by atoms with van der Waals surface area (Å²) < 4.78 is 0. The highest BCUT2D eigenvalue weighted by molar-refractivity contribution is 5.23. The van der Waals surface area contributed by atoms with Crippen LogP contribution in [0, 0.1) is 6.92 Å². The average Bonchev–Trinajstić information content (AvgIpc) is 2.33. The van der Waals surface area contributed by atoms with Crippen LogP contribution < -0.4 is 10.6 Å². The maximum absolute atomic E-state index is 4.22. The molecule has 2 heterocycles. The summed E-state index contributed by atoms with van der Waals surface area (Å²) in [6.07, 6.45) is 8.82. The van der Waals surface area contributed by atoms with Crippen molar-refractivity contribution in [3.8, 4) is 0 Å². The number of hydrogen-bond donors (Lipinski definition) is 2. The summed E-state index contributed by atoms with van der Waals surface area (Å²) in [5.41, 5.74) is 1.10. The lowest BCUT2D eigenvalue weighted by molar-refractivity contribution is 0.388. The molecule has 1 aromatic rings. The minimum absolute atomic E-state index is 0.673. The van der Waals surface area contributed by atoms with Crippen LogP contribution >= 0.6 is 0 Å². The predicted molar refractivity (Wildman–Crippen MR) is 65.5 cm³/mol. The van der Waals surface area contributed by atoms with Gasteiger partial charge in [0.25, 0.3) is 0 Å². The molecule has 1 aromatic heterocycles. The van der Waals surface area contributed by atoms with E-state index >= 15 is 0 Å². The van der Waals surface area contributed by atoms with Gasteiger partial charge in [-0.25, -0.2) is 9.97 Å². The third kappa shape index (κ3) is 3.45. The quantitative estimate of drug-likeness (QED) is 0.811. The van der Waals surface area contributed by atoms with Gasteiger partial charge in [0.15, 0.2) is 0 Å². The van der Waals surface area contributed by atoms with Gasteiger partial charge in [-0.1, -0.05) is 6.42 Å². The maximum atomic E-state index is 4.22. The Morgan fingerprint density at radius 1 is 1.38 bits per heavy atom. The van der Waals surface area contributed by atoms with Crippen LogP contribution in [0.1, 0.15) is 31.2 Å². The minimum atomic E-state index is 0.673. The number of hydrogen-bond acceptors (Lipinski definition) is 4. The Morgan fingerprint density at radius 3 is 2.88 bits per heavy atom. The number of nitrogens with zero attached hydrogens (tertiary/aromatic N) is 2. The zero-order valence-electron chi connectivity index (χ0n) is 9.87. The Bertz CT molecular complexity index is 303. The monoisotopic (exact) mass is 220 g/mol. The summed E-state index contributed by atoms with van der Waals surface area (Å²) in [7, 11) is 0. The van der Waals surface area contributed by atoms with Crippen LogP contribution in [0.4, 0.5) is 5.95 Å². The molecule has 0 bridgehead atoms. The van der Waals surface area contributed by atoms with E-state index in [2.05, 4.69) is 20.6 Å². The lowest BCUT2D eigenvalue weighted by Gasteiger charge is -2.23. The Balaban J connectivity index is 1.69. The molecule has 0 spiro atoms. The van der Waals surface area contributed by atoms with Crippen LogP contribution in [0.2, 0.25) is 0 Å². The highest BCUT2D eigenvalue weighted by Gasteiger charge is 2.11. The SMILES string of the molecule is Cc1cnc(NCCC2CCCCN2)nc1. The van der Waals surface area contributed by atoms with Crippen molar-refractivity contribution in [1.82, 2.24) is 15.3 Å². The first-order valence-corrected chi connectivity index (χ1v) is 6.10. The molecule has 1 unspecified atom stereocenters. The van der Waals surface area contributed by atoms with Gasteiger partial charge in [-0.3, -0.25) is 0 Å². The third-order valence-corrected chi connectivity index (χ3v) is 2.97. The third-order valence-electron chi connectivity index (χ3n) is 2.97. The Morgan fingerprint density at radius 2 is 2.19 bits per heavy atom. The summed E-state index contributed by atoms with van der Waals surface area (Å²) in [4.78, 5) is 8.44. The van der Waals surface area contributed by atoms with Crippen molar-refractivity contribution < 1.29 is 0 Å². The molecule has 16 heavy (non-hydrogen) atoms. The topological polar surface area (TPSA) is 49.8 Å². The second kappa shape index (κ2) is 5.80. The van der Waals surface area contributed by atoms with Crippen molar-refractivity contribution in [2.24, 2.45) is 0 Å². The fraction of sp³-hybridized carbons (Fsp3) is 0.667. The second-order valence-electron chi connectivity index (χ2n) is 4.45. The van der Waals surface area contributed by atoms with Crippen molar-refractivity contribution in [2.75, 3.05) is 18.4 Å². The molecule has 0 aliphatic carbocycles. The highest BCUT2D eigenvalue weighted by atomic mass is 15.1. The summed E-state index contributed by atoms with van der Waals surface area (Å²) in [5.74, 6) is 0.737. The summed E-state index contributed by atoms with van der Waals surface area (Å²) in [6.45, 7) is 4.11. The number of aryl methyl sites for hydroxylation is 1.